The van der Waals surface area contributed by atoms with E-state index in [1.165, 1.54) is 0 Å². The molecule has 156 valence electrons. The Bertz CT molecular complexity index is 669. The summed E-state index contributed by atoms with van der Waals surface area (Å²) in [4.78, 5) is 23.5. The van der Waals surface area contributed by atoms with E-state index in [0.717, 1.165) is 12.8 Å². The van der Waals surface area contributed by atoms with E-state index in [0.29, 0.717) is 17.9 Å². The Morgan fingerprint density at radius 2 is 1.75 bits per heavy atom. The number of ether oxygens (including phenoxy) is 2. The van der Waals surface area contributed by atoms with Gasteiger partial charge in [-0.2, -0.15) is 0 Å². The number of carbonyl (C=O) groups excluding carboxylic acids is 2. The van der Waals surface area contributed by atoms with Crippen LogP contribution in [-0.2, 0) is 9.47 Å². The lowest BCUT2D eigenvalue weighted by molar-refractivity contribution is 0.0499. The Hall–Kier alpha value is -1.48. The highest BCUT2D eigenvalue weighted by molar-refractivity contribution is 7.80. The second-order valence-electron chi connectivity index (χ2n) is 5.50. The molecule has 0 saturated heterocycles. The minimum atomic E-state index is -1.88. The maximum absolute atomic E-state index is 11.9. The van der Waals surface area contributed by atoms with Gasteiger partial charge in [-0.1, -0.05) is 48.1 Å². The van der Waals surface area contributed by atoms with Gasteiger partial charge >= 0.3 is 12.1 Å². The van der Waals surface area contributed by atoms with Gasteiger partial charge in [0.2, 0.25) is 3.79 Å². The van der Waals surface area contributed by atoms with E-state index in [-0.39, 0.29) is 11.7 Å². The van der Waals surface area contributed by atoms with Crippen molar-refractivity contribution in [1.82, 2.24) is 10.6 Å². The zero-order valence-corrected chi connectivity index (χ0v) is 18.5. The summed E-state index contributed by atoms with van der Waals surface area (Å²) in [6.45, 7) is 4.21. The molecular formula is C17H22Cl3N3O4S. The van der Waals surface area contributed by atoms with Crippen LogP contribution in [0.3, 0.4) is 0 Å². The number of carbonyl (C=O) groups is 2. The van der Waals surface area contributed by atoms with E-state index >= 15 is 0 Å². The highest BCUT2D eigenvalue weighted by Crippen LogP contribution is 2.29. The molecule has 28 heavy (non-hydrogen) atoms. The van der Waals surface area contributed by atoms with Crippen molar-refractivity contribution in [2.45, 2.75) is 36.6 Å². The van der Waals surface area contributed by atoms with Crippen molar-refractivity contribution in [3.63, 3.8) is 0 Å². The van der Waals surface area contributed by atoms with Crippen molar-refractivity contribution in [2.24, 2.45) is 0 Å². The Balaban J connectivity index is 2.65. The topological polar surface area (TPSA) is 88.7 Å². The molecule has 0 aromatic heterocycles. The van der Waals surface area contributed by atoms with Gasteiger partial charge in [0.25, 0.3) is 0 Å². The molecular weight excluding hydrogens is 449 g/mol. The van der Waals surface area contributed by atoms with Crippen molar-refractivity contribution < 1.29 is 19.1 Å². The average Bonchev–Trinajstić information content (AvgIpc) is 2.61. The highest BCUT2D eigenvalue weighted by atomic mass is 35.6. The number of rotatable bonds is 8. The van der Waals surface area contributed by atoms with E-state index in [1.54, 1.807) is 31.2 Å². The lowest BCUT2D eigenvalue weighted by Crippen LogP contribution is -2.56. The van der Waals surface area contributed by atoms with Crippen LogP contribution in [-0.4, -0.2) is 40.3 Å². The Morgan fingerprint density at radius 3 is 2.29 bits per heavy atom. The molecule has 0 spiro atoms. The number of unbranched alkanes of at least 4 members (excludes halogenated alkanes) is 1. The third-order valence-electron chi connectivity index (χ3n) is 3.25. The summed E-state index contributed by atoms with van der Waals surface area (Å²) in [5.41, 5.74) is 1.01. The van der Waals surface area contributed by atoms with Crippen molar-refractivity contribution in [1.29, 1.82) is 0 Å². The van der Waals surface area contributed by atoms with Gasteiger partial charge in [0.1, 0.15) is 0 Å². The third kappa shape index (κ3) is 9.14. The van der Waals surface area contributed by atoms with E-state index in [9.17, 15) is 9.59 Å². The maximum Gasteiger partial charge on any atom is 0.408 e. The quantitative estimate of drug-likeness (QED) is 0.171. The number of hydrogen-bond acceptors (Lipinski definition) is 5. The molecule has 0 bridgehead atoms. The van der Waals surface area contributed by atoms with Gasteiger partial charge in [0, 0.05) is 5.69 Å². The molecule has 0 saturated carbocycles. The number of halogens is 3. The zero-order valence-electron chi connectivity index (χ0n) is 15.4. The summed E-state index contributed by atoms with van der Waals surface area (Å²) in [5, 5.41) is 8.01. The fourth-order valence-corrected chi connectivity index (χ4v) is 2.43. The van der Waals surface area contributed by atoms with Gasteiger partial charge in [0.15, 0.2) is 11.3 Å². The first kappa shape index (κ1) is 24.6. The summed E-state index contributed by atoms with van der Waals surface area (Å²) >= 11 is 22.7. The molecule has 0 aliphatic heterocycles. The number of anilines is 1. The number of nitrogens with one attached hydrogen (secondary N) is 3. The van der Waals surface area contributed by atoms with Gasteiger partial charge in [-0.05, 0) is 49.8 Å². The summed E-state index contributed by atoms with van der Waals surface area (Å²) in [6, 6.07) is 6.49. The minimum Gasteiger partial charge on any atom is -0.462 e. The van der Waals surface area contributed by atoms with E-state index in [4.69, 9.17) is 56.5 Å². The van der Waals surface area contributed by atoms with Crippen molar-refractivity contribution in [3.8, 4) is 0 Å². The maximum atomic E-state index is 11.9. The first-order valence-corrected chi connectivity index (χ1v) is 10.1. The molecule has 3 N–H and O–H groups in total. The molecule has 0 unspecified atom stereocenters. The van der Waals surface area contributed by atoms with E-state index in [1.807, 2.05) is 6.92 Å². The van der Waals surface area contributed by atoms with Crippen LogP contribution < -0.4 is 16.0 Å². The number of amides is 1. The number of alkyl halides is 3. The molecule has 1 aromatic carbocycles. The van der Waals surface area contributed by atoms with Crippen molar-refractivity contribution in [2.75, 3.05) is 18.5 Å². The molecule has 0 aliphatic rings. The fourth-order valence-electron chi connectivity index (χ4n) is 1.87. The second-order valence-corrected chi connectivity index (χ2v) is 8.28. The van der Waals surface area contributed by atoms with Gasteiger partial charge in [-0.15, -0.1) is 0 Å². The molecule has 1 atom stereocenters. The van der Waals surface area contributed by atoms with Gasteiger partial charge in [0.05, 0.1) is 18.8 Å². The molecule has 0 aliphatic carbocycles. The molecule has 0 radical (unpaired) electrons. The number of esters is 1. The Labute approximate surface area is 184 Å². The van der Waals surface area contributed by atoms with Crippen LogP contribution in [0, 0.1) is 0 Å². The van der Waals surface area contributed by atoms with Gasteiger partial charge in [-0.25, -0.2) is 9.59 Å². The Morgan fingerprint density at radius 1 is 1.11 bits per heavy atom. The second kappa shape index (κ2) is 12.2. The molecule has 1 aromatic rings. The van der Waals surface area contributed by atoms with Crippen LogP contribution >= 0.6 is 47.0 Å². The molecule has 0 fully saturated rings. The smallest absolute Gasteiger partial charge is 0.408 e. The summed E-state index contributed by atoms with van der Waals surface area (Å²) in [6.07, 6.45) is -0.138. The number of benzene rings is 1. The van der Waals surface area contributed by atoms with Crippen LogP contribution in [0.1, 0.15) is 37.0 Å². The first-order valence-electron chi connectivity index (χ1n) is 8.52. The summed E-state index contributed by atoms with van der Waals surface area (Å²) < 4.78 is 8.02. The van der Waals surface area contributed by atoms with Gasteiger partial charge < -0.3 is 20.1 Å². The monoisotopic (exact) mass is 469 g/mol. The number of hydrogen-bond donors (Lipinski definition) is 3. The van der Waals surface area contributed by atoms with Crippen molar-refractivity contribution >= 4 is 69.9 Å². The predicted molar refractivity (Wildman–Crippen MR) is 115 cm³/mol. The average molecular weight is 471 g/mol. The van der Waals surface area contributed by atoms with Gasteiger partial charge in [-0.3, -0.25) is 5.32 Å². The lowest BCUT2D eigenvalue weighted by Gasteiger charge is -2.27. The van der Waals surface area contributed by atoms with Crippen LogP contribution in [0.4, 0.5) is 10.5 Å². The SMILES string of the molecule is CCCCOC(=O)c1ccc(NC(=S)N[C@H](NC(=O)OCC)C(Cl)(Cl)Cl)cc1. The summed E-state index contributed by atoms with van der Waals surface area (Å²) in [7, 11) is 0. The van der Waals surface area contributed by atoms with Crippen LogP contribution in [0.2, 0.25) is 0 Å². The minimum absolute atomic E-state index is 0.0893. The van der Waals surface area contributed by atoms with Crippen molar-refractivity contribution in [3.05, 3.63) is 29.8 Å². The third-order valence-corrected chi connectivity index (χ3v) is 4.12. The normalized spacial score (nSPS) is 11.9. The zero-order chi connectivity index (χ0) is 21.2. The van der Waals surface area contributed by atoms with Crippen LogP contribution in [0.25, 0.3) is 0 Å². The van der Waals surface area contributed by atoms with Crippen LogP contribution in [0.5, 0.6) is 0 Å². The number of alkyl carbamates (subject to hydrolysis) is 1. The Kier molecular flexibility index (Phi) is 10.7. The highest BCUT2D eigenvalue weighted by Gasteiger charge is 2.35. The summed E-state index contributed by atoms with van der Waals surface area (Å²) in [5.74, 6) is -0.393. The van der Waals surface area contributed by atoms with Crippen LogP contribution in [0.15, 0.2) is 24.3 Å². The fraction of sp³-hybridized carbons (Fsp3) is 0.471. The standard InChI is InChI=1S/C17H22Cl3N3O4S/c1-3-5-10-27-13(24)11-6-8-12(9-7-11)21-15(28)22-14(17(18,19)20)23-16(25)26-4-2/h6-9,14H,3-5,10H2,1-2H3,(H,23,25)(H2,21,22,28)/t14-/m1/s1. The van der Waals surface area contributed by atoms with E-state index in [2.05, 4.69) is 16.0 Å². The largest absolute Gasteiger partial charge is 0.462 e. The molecule has 7 nitrogen and oxygen atoms in total. The molecule has 1 amide bonds. The molecule has 0 heterocycles. The molecule has 11 heteroatoms. The first-order chi connectivity index (χ1) is 13.2. The molecule has 1 rings (SSSR count). The predicted octanol–water partition coefficient (Wildman–Crippen LogP) is 4.37. The lowest BCUT2D eigenvalue weighted by atomic mass is 10.2. The van der Waals surface area contributed by atoms with E-state index < -0.39 is 22.0 Å². The number of thiocarbonyl (C=S) groups is 1.